The van der Waals surface area contributed by atoms with Gasteiger partial charge in [-0.05, 0) is 30.2 Å². The first kappa shape index (κ1) is 13.6. The van der Waals surface area contributed by atoms with Crippen LogP contribution in [0.25, 0.3) is 0 Å². The highest BCUT2D eigenvalue weighted by atomic mass is 35.5. The van der Waals surface area contributed by atoms with E-state index in [1.165, 1.54) is 9.75 Å². The summed E-state index contributed by atoms with van der Waals surface area (Å²) in [5.41, 5.74) is 1.01. The number of hydrogen-bond donors (Lipinski definition) is 1. The fraction of sp³-hybridized carbons (Fsp3) is 0.333. The zero-order valence-electron chi connectivity index (χ0n) is 10.4. The maximum absolute atomic E-state index is 10.1. The maximum Gasteiger partial charge on any atom is 0.0629 e. The molecule has 1 aromatic carbocycles. The van der Waals surface area contributed by atoms with Gasteiger partial charge in [-0.25, -0.2) is 0 Å². The molecule has 3 heteroatoms. The number of aryl methyl sites for hydroxylation is 1. The van der Waals surface area contributed by atoms with E-state index in [0.29, 0.717) is 12.8 Å². The molecule has 0 aliphatic heterocycles. The summed E-state index contributed by atoms with van der Waals surface area (Å²) in [5, 5.41) is 10.8. The van der Waals surface area contributed by atoms with Gasteiger partial charge in [0.05, 0.1) is 6.10 Å². The Morgan fingerprint density at radius 1 is 1.11 bits per heavy atom. The van der Waals surface area contributed by atoms with E-state index >= 15 is 0 Å². The van der Waals surface area contributed by atoms with Gasteiger partial charge in [0.2, 0.25) is 0 Å². The highest BCUT2D eigenvalue weighted by Gasteiger charge is 2.10. The molecule has 2 rings (SSSR count). The first-order chi connectivity index (χ1) is 8.69. The van der Waals surface area contributed by atoms with E-state index in [0.717, 1.165) is 17.0 Å². The van der Waals surface area contributed by atoms with Crippen LogP contribution in [0.15, 0.2) is 36.4 Å². The number of benzene rings is 1. The molecule has 0 aliphatic rings. The molecular weight excluding hydrogens is 264 g/mol. The van der Waals surface area contributed by atoms with Crippen molar-refractivity contribution in [3.63, 3.8) is 0 Å². The number of aliphatic hydroxyl groups is 1. The average molecular weight is 281 g/mol. The normalized spacial score (nSPS) is 12.6. The predicted octanol–water partition coefficient (Wildman–Crippen LogP) is 4.11. The molecule has 18 heavy (non-hydrogen) atoms. The summed E-state index contributed by atoms with van der Waals surface area (Å²) in [5.74, 6) is 0. The molecule has 1 atom stereocenters. The van der Waals surface area contributed by atoms with Gasteiger partial charge in [0.1, 0.15) is 0 Å². The molecule has 0 saturated heterocycles. The van der Waals surface area contributed by atoms with Crippen LogP contribution >= 0.6 is 22.9 Å². The van der Waals surface area contributed by atoms with Crippen LogP contribution in [0.5, 0.6) is 0 Å². The smallest absolute Gasteiger partial charge is 0.0629 e. The maximum atomic E-state index is 10.1. The van der Waals surface area contributed by atoms with Crippen molar-refractivity contribution in [3.05, 3.63) is 56.7 Å². The van der Waals surface area contributed by atoms with Gasteiger partial charge in [-0.1, -0.05) is 36.7 Å². The third-order valence-corrected chi connectivity index (χ3v) is 4.54. The fourth-order valence-corrected chi connectivity index (χ4v) is 3.19. The van der Waals surface area contributed by atoms with Gasteiger partial charge in [0, 0.05) is 27.6 Å². The lowest BCUT2D eigenvalue weighted by molar-refractivity contribution is 0.176. The molecule has 1 N–H and O–H groups in total. The van der Waals surface area contributed by atoms with Gasteiger partial charge in [-0.2, -0.15) is 0 Å². The Hall–Kier alpha value is -0.830. The standard InChI is InChI=1S/C15H17ClOS/c1-2-13-7-8-14(18-13)10-12(17)9-11-5-3-4-6-15(11)16/h3-8,12,17H,2,9-10H2,1H3. The molecule has 1 unspecified atom stereocenters. The first-order valence-corrected chi connectivity index (χ1v) is 7.37. The van der Waals surface area contributed by atoms with Gasteiger partial charge in [0.15, 0.2) is 0 Å². The van der Waals surface area contributed by atoms with Crippen molar-refractivity contribution < 1.29 is 5.11 Å². The van der Waals surface area contributed by atoms with Crippen LogP contribution in [-0.4, -0.2) is 11.2 Å². The Kier molecular flexibility index (Phi) is 4.81. The van der Waals surface area contributed by atoms with Crippen molar-refractivity contribution in [1.82, 2.24) is 0 Å². The number of rotatable bonds is 5. The number of aliphatic hydroxyl groups excluding tert-OH is 1. The molecule has 96 valence electrons. The van der Waals surface area contributed by atoms with E-state index in [1.54, 1.807) is 11.3 Å². The van der Waals surface area contributed by atoms with Crippen LogP contribution < -0.4 is 0 Å². The second kappa shape index (κ2) is 6.37. The molecule has 0 saturated carbocycles. The molecular formula is C15H17ClOS. The second-order valence-corrected chi connectivity index (χ2v) is 6.04. The molecule has 0 amide bonds. The lowest BCUT2D eigenvalue weighted by atomic mass is 10.1. The van der Waals surface area contributed by atoms with Crippen LogP contribution in [0.4, 0.5) is 0 Å². The van der Waals surface area contributed by atoms with Gasteiger partial charge >= 0.3 is 0 Å². The predicted molar refractivity (Wildman–Crippen MR) is 78.6 cm³/mol. The van der Waals surface area contributed by atoms with Crippen molar-refractivity contribution >= 4 is 22.9 Å². The van der Waals surface area contributed by atoms with Gasteiger partial charge in [0.25, 0.3) is 0 Å². The van der Waals surface area contributed by atoms with E-state index in [9.17, 15) is 5.11 Å². The van der Waals surface area contributed by atoms with Gasteiger partial charge < -0.3 is 5.11 Å². The minimum atomic E-state index is -0.367. The largest absolute Gasteiger partial charge is 0.392 e. The van der Waals surface area contributed by atoms with Crippen molar-refractivity contribution in [1.29, 1.82) is 0 Å². The van der Waals surface area contributed by atoms with Crippen LogP contribution in [0.3, 0.4) is 0 Å². The van der Waals surface area contributed by atoms with Crippen molar-refractivity contribution in [2.24, 2.45) is 0 Å². The minimum absolute atomic E-state index is 0.367. The summed E-state index contributed by atoms with van der Waals surface area (Å²) in [6.45, 7) is 2.15. The molecule has 1 aromatic heterocycles. The topological polar surface area (TPSA) is 20.2 Å². The summed E-state index contributed by atoms with van der Waals surface area (Å²) >= 11 is 7.87. The zero-order chi connectivity index (χ0) is 13.0. The summed E-state index contributed by atoms with van der Waals surface area (Å²) in [6.07, 6.45) is 2.01. The van der Waals surface area contributed by atoms with E-state index in [1.807, 2.05) is 24.3 Å². The Balaban J connectivity index is 1.96. The summed E-state index contributed by atoms with van der Waals surface area (Å²) < 4.78 is 0. The summed E-state index contributed by atoms with van der Waals surface area (Å²) in [6, 6.07) is 11.9. The first-order valence-electron chi connectivity index (χ1n) is 6.18. The Morgan fingerprint density at radius 3 is 2.50 bits per heavy atom. The van der Waals surface area contributed by atoms with Gasteiger partial charge in [-0.15, -0.1) is 11.3 Å². The van der Waals surface area contributed by atoms with Crippen LogP contribution in [0.1, 0.15) is 22.2 Å². The molecule has 0 fully saturated rings. The van der Waals surface area contributed by atoms with Crippen LogP contribution in [-0.2, 0) is 19.3 Å². The molecule has 0 bridgehead atoms. The van der Waals surface area contributed by atoms with E-state index in [-0.39, 0.29) is 6.10 Å². The molecule has 2 aromatic rings. The Labute approximate surface area is 117 Å². The molecule has 1 heterocycles. The van der Waals surface area contributed by atoms with Crippen molar-refractivity contribution in [3.8, 4) is 0 Å². The number of hydrogen-bond acceptors (Lipinski definition) is 2. The van der Waals surface area contributed by atoms with E-state index in [2.05, 4.69) is 19.1 Å². The highest BCUT2D eigenvalue weighted by molar-refractivity contribution is 7.11. The lowest BCUT2D eigenvalue weighted by Gasteiger charge is -2.10. The summed E-state index contributed by atoms with van der Waals surface area (Å²) in [7, 11) is 0. The average Bonchev–Trinajstić information content (AvgIpc) is 2.80. The number of halogens is 1. The van der Waals surface area contributed by atoms with E-state index < -0.39 is 0 Å². The molecule has 0 spiro atoms. The second-order valence-electron chi connectivity index (χ2n) is 4.38. The summed E-state index contributed by atoms with van der Waals surface area (Å²) in [4.78, 5) is 2.61. The third-order valence-electron chi connectivity index (χ3n) is 2.92. The lowest BCUT2D eigenvalue weighted by Crippen LogP contribution is -2.13. The van der Waals surface area contributed by atoms with Crippen molar-refractivity contribution in [2.75, 3.05) is 0 Å². The number of thiophene rings is 1. The van der Waals surface area contributed by atoms with Crippen molar-refractivity contribution in [2.45, 2.75) is 32.3 Å². The molecule has 1 nitrogen and oxygen atoms in total. The SMILES string of the molecule is CCc1ccc(CC(O)Cc2ccccc2Cl)s1. The molecule has 0 aliphatic carbocycles. The third kappa shape index (κ3) is 3.58. The van der Waals surface area contributed by atoms with Gasteiger partial charge in [-0.3, -0.25) is 0 Å². The molecule has 0 radical (unpaired) electrons. The minimum Gasteiger partial charge on any atom is -0.392 e. The fourth-order valence-electron chi connectivity index (χ4n) is 1.94. The van der Waals surface area contributed by atoms with Crippen LogP contribution in [0, 0.1) is 0 Å². The quantitative estimate of drug-likeness (QED) is 0.874. The zero-order valence-corrected chi connectivity index (χ0v) is 12.0. The highest BCUT2D eigenvalue weighted by Crippen LogP contribution is 2.21. The Bertz CT molecular complexity index is 507. The monoisotopic (exact) mass is 280 g/mol. The van der Waals surface area contributed by atoms with E-state index in [4.69, 9.17) is 11.6 Å². The van der Waals surface area contributed by atoms with Crippen LogP contribution in [0.2, 0.25) is 5.02 Å². The Morgan fingerprint density at radius 2 is 1.83 bits per heavy atom.